The predicted molar refractivity (Wildman–Crippen MR) is 71.3 cm³/mol. The molecule has 0 bridgehead atoms. The molecule has 1 unspecified atom stereocenters. The predicted octanol–water partition coefficient (Wildman–Crippen LogP) is 2.18. The van der Waals surface area contributed by atoms with Crippen LogP contribution in [0, 0.1) is 0 Å². The zero-order valence-electron chi connectivity index (χ0n) is 12.3. The van der Waals surface area contributed by atoms with Crippen LogP contribution in [0.15, 0.2) is 0 Å². The molecule has 0 aliphatic carbocycles. The molecule has 1 aromatic rings. The average molecular weight is 269 g/mol. The highest BCUT2D eigenvalue weighted by Gasteiger charge is 2.25. The molecule has 0 saturated heterocycles. The molecule has 0 spiro atoms. The monoisotopic (exact) mass is 269 g/mol. The fourth-order valence-electron chi connectivity index (χ4n) is 1.92. The number of methoxy groups -OCH3 is 1. The number of aromatic nitrogens is 3. The van der Waals surface area contributed by atoms with Crippen LogP contribution in [-0.4, -0.2) is 41.3 Å². The molecule has 0 radical (unpaired) electrons. The fourth-order valence-corrected chi connectivity index (χ4v) is 1.92. The van der Waals surface area contributed by atoms with Gasteiger partial charge in [-0.1, -0.05) is 19.1 Å². The normalized spacial score (nSPS) is 12.7. The first kappa shape index (κ1) is 15.6. The highest BCUT2D eigenvalue weighted by Crippen LogP contribution is 2.23. The zero-order chi connectivity index (χ0) is 14.4. The van der Waals surface area contributed by atoms with Gasteiger partial charge in [-0.15, -0.1) is 5.10 Å². The number of esters is 1. The van der Waals surface area contributed by atoms with Crippen molar-refractivity contribution in [1.82, 2.24) is 15.0 Å². The van der Waals surface area contributed by atoms with Gasteiger partial charge < -0.3 is 9.47 Å². The zero-order valence-corrected chi connectivity index (χ0v) is 12.3. The van der Waals surface area contributed by atoms with E-state index >= 15 is 0 Å². The molecule has 0 aromatic carbocycles. The Bertz CT molecular complexity index is 415. The number of rotatable bonds is 7. The van der Waals surface area contributed by atoms with Crippen molar-refractivity contribution < 1.29 is 14.3 Å². The molecule has 6 heteroatoms. The number of carbonyl (C=O) groups excluding carboxylic acids is 1. The van der Waals surface area contributed by atoms with Gasteiger partial charge in [0, 0.05) is 13.7 Å². The summed E-state index contributed by atoms with van der Waals surface area (Å²) in [4.78, 5) is 11.9. The summed E-state index contributed by atoms with van der Waals surface area (Å²) in [7, 11) is 1.67. The fraction of sp³-hybridized carbons (Fsp3) is 0.769. The molecule has 0 fully saturated rings. The third kappa shape index (κ3) is 3.76. The van der Waals surface area contributed by atoms with Crippen molar-refractivity contribution in [3.63, 3.8) is 0 Å². The Kier molecular flexibility index (Phi) is 5.95. The molecule has 0 aliphatic rings. The molecule has 1 rings (SSSR count). The number of carbonyl (C=O) groups is 1. The van der Waals surface area contributed by atoms with Crippen LogP contribution >= 0.6 is 0 Å². The second-order valence-electron chi connectivity index (χ2n) is 4.77. The van der Waals surface area contributed by atoms with E-state index in [4.69, 9.17) is 9.47 Å². The molecular formula is C13H23N3O3. The molecule has 0 aliphatic heterocycles. The van der Waals surface area contributed by atoms with Gasteiger partial charge in [0.15, 0.2) is 5.69 Å². The minimum atomic E-state index is -0.406. The summed E-state index contributed by atoms with van der Waals surface area (Å²) >= 11 is 0. The summed E-state index contributed by atoms with van der Waals surface area (Å²) in [6.45, 7) is 8.82. The van der Waals surface area contributed by atoms with Crippen LogP contribution in [0.5, 0.6) is 0 Å². The first-order valence-corrected chi connectivity index (χ1v) is 6.64. The number of nitrogens with zero attached hydrogens (tertiary/aromatic N) is 3. The number of hydrogen-bond acceptors (Lipinski definition) is 5. The van der Waals surface area contributed by atoms with Gasteiger partial charge in [-0.2, -0.15) is 0 Å². The van der Waals surface area contributed by atoms with Crippen molar-refractivity contribution in [2.75, 3.05) is 20.3 Å². The van der Waals surface area contributed by atoms with E-state index in [1.54, 1.807) is 18.7 Å². The second kappa shape index (κ2) is 7.23. The minimum absolute atomic E-state index is 0.132. The number of ether oxygens (including phenoxy) is 2. The van der Waals surface area contributed by atoms with Gasteiger partial charge in [0.1, 0.15) is 0 Å². The van der Waals surface area contributed by atoms with Crippen LogP contribution in [0.1, 0.15) is 62.3 Å². The lowest BCUT2D eigenvalue weighted by Crippen LogP contribution is -2.16. The van der Waals surface area contributed by atoms with Crippen LogP contribution in [0.25, 0.3) is 0 Å². The van der Waals surface area contributed by atoms with Gasteiger partial charge in [0.05, 0.1) is 18.3 Å². The van der Waals surface area contributed by atoms with Crippen LogP contribution < -0.4 is 0 Å². The third-order valence-corrected chi connectivity index (χ3v) is 2.90. The molecular weight excluding hydrogens is 246 g/mol. The molecule has 1 heterocycles. The van der Waals surface area contributed by atoms with E-state index in [-0.39, 0.29) is 12.0 Å². The molecule has 1 aromatic heterocycles. The molecule has 108 valence electrons. The van der Waals surface area contributed by atoms with Gasteiger partial charge >= 0.3 is 5.97 Å². The highest BCUT2D eigenvalue weighted by molar-refractivity contribution is 5.88. The molecule has 0 N–H and O–H groups in total. The van der Waals surface area contributed by atoms with E-state index < -0.39 is 5.97 Å². The summed E-state index contributed by atoms with van der Waals surface area (Å²) in [5, 5.41) is 8.09. The smallest absolute Gasteiger partial charge is 0.360 e. The standard InChI is InChI=1S/C13H23N3O3/c1-6-19-13(17)11-12(9(2)3)16(15-14-11)10(4)7-8-18-5/h9-10H,6-8H2,1-5H3. The average Bonchev–Trinajstić information content (AvgIpc) is 2.81. The van der Waals surface area contributed by atoms with Crippen LogP contribution in [0.2, 0.25) is 0 Å². The third-order valence-electron chi connectivity index (χ3n) is 2.90. The molecule has 6 nitrogen and oxygen atoms in total. The van der Waals surface area contributed by atoms with Crippen LogP contribution in [0.4, 0.5) is 0 Å². The number of hydrogen-bond donors (Lipinski definition) is 0. The summed E-state index contributed by atoms with van der Waals surface area (Å²) in [5.41, 5.74) is 1.14. The summed E-state index contributed by atoms with van der Waals surface area (Å²) in [6, 6.07) is 0.132. The summed E-state index contributed by atoms with van der Waals surface area (Å²) in [6.07, 6.45) is 0.821. The Morgan fingerprint density at radius 2 is 2.05 bits per heavy atom. The Hall–Kier alpha value is -1.43. The van der Waals surface area contributed by atoms with Gasteiger partial charge in [0.2, 0.25) is 0 Å². The van der Waals surface area contributed by atoms with Crippen molar-refractivity contribution in [3.8, 4) is 0 Å². The largest absolute Gasteiger partial charge is 0.461 e. The van der Waals surface area contributed by atoms with Crippen LogP contribution in [-0.2, 0) is 9.47 Å². The minimum Gasteiger partial charge on any atom is -0.461 e. The van der Waals surface area contributed by atoms with Crippen molar-refractivity contribution >= 4 is 5.97 Å². The van der Waals surface area contributed by atoms with Gasteiger partial charge in [-0.05, 0) is 26.2 Å². The highest BCUT2D eigenvalue weighted by atomic mass is 16.5. The van der Waals surface area contributed by atoms with E-state index in [9.17, 15) is 4.79 Å². The first-order chi connectivity index (χ1) is 9.02. The van der Waals surface area contributed by atoms with Crippen molar-refractivity contribution in [1.29, 1.82) is 0 Å². The van der Waals surface area contributed by atoms with Gasteiger partial charge in [-0.25, -0.2) is 9.48 Å². The Morgan fingerprint density at radius 1 is 1.37 bits per heavy atom. The second-order valence-corrected chi connectivity index (χ2v) is 4.77. The van der Waals surface area contributed by atoms with E-state index in [0.717, 1.165) is 12.1 Å². The summed E-state index contributed by atoms with van der Waals surface area (Å²) in [5.74, 6) is -0.254. The Labute approximate surface area is 114 Å². The quantitative estimate of drug-likeness (QED) is 0.710. The maximum atomic E-state index is 11.9. The van der Waals surface area contributed by atoms with E-state index in [0.29, 0.717) is 18.9 Å². The van der Waals surface area contributed by atoms with E-state index in [1.807, 2.05) is 20.8 Å². The van der Waals surface area contributed by atoms with Crippen molar-refractivity contribution in [2.24, 2.45) is 0 Å². The molecule has 0 saturated carbocycles. The lowest BCUT2D eigenvalue weighted by molar-refractivity contribution is 0.0517. The topological polar surface area (TPSA) is 66.2 Å². The maximum absolute atomic E-state index is 11.9. The van der Waals surface area contributed by atoms with Gasteiger partial charge in [0.25, 0.3) is 0 Å². The SMILES string of the molecule is CCOC(=O)c1nnn(C(C)CCOC)c1C(C)C. The first-order valence-electron chi connectivity index (χ1n) is 6.64. The summed E-state index contributed by atoms with van der Waals surface area (Å²) < 4.78 is 11.9. The van der Waals surface area contributed by atoms with Crippen molar-refractivity contribution in [3.05, 3.63) is 11.4 Å². The van der Waals surface area contributed by atoms with E-state index in [1.165, 1.54) is 0 Å². The molecule has 0 amide bonds. The van der Waals surface area contributed by atoms with Gasteiger partial charge in [-0.3, -0.25) is 0 Å². The van der Waals surface area contributed by atoms with E-state index in [2.05, 4.69) is 10.3 Å². The maximum Gasteiger partial charge on any atom is 0.360 e. The van der Waals surface area contributed by atoms with Crippen LogP contribution in [0.3, 0.4) is 0 Å². The Morgan fingerprint density at radius 3 is 2.58 bits per heavy atom. The Balaban J connectivity index is 3.02. The molecule has 1 atom stereocenters. The van der Waals surface area contributed by atoms with Crippen molar-refractivity contribution in [2.45, 2.75) is 46.1 Å². The lowest BCUT2D eigenvalue weighted by Gasteiger charge is -2.16. The lowest BCUT2D eigenvalue weighted by atomic mass is 10.1. The molecule has 19 heavy (non-hydrogen) atoms.